The maximum Gasteiger partial charge on any atom is 0.249 e. The van der Waals surface area contributed by atoms with Crippen molar-refractivity contribution in [2.75, 3.05) is 31.5 Å². The van der Waals surface area contributed by atoms with Gasteiger partial charge < -0.3 is 16.0 Å². The summed E-state index contributed by atoms with van der Waals surface area (Å²) in [5.74, 6) is 0.211. The van der Waals surface area contributed by atoms with Gasteiger partial charge in [0.15, 0.2) is 0 Å². The fourth-order valence-electron chi connectivity index (χ4n) is 4.03. The molecule has 7 heteroatoms. The quantitative estimate of drug-likeness (QED) is 0.454. The van der Waals surface area contributed by atoms with Gasteiger partial charge in [0.25, 0.3) is 0 Å². The van der Waals surface area contributed by atoms with Gasteiger partial charge in [0.05, 0.1) is 0 Å². The number of imide groups is 1. The summed E-state index contributed by atoms with van der Waals surface area (Å²) >= 11 is 0. The summed E-state index contributed by atoms with van der Waals surface area (Å²) < 4.78 is 0. The van der Waals surface area contributed by atoms with Crippen molar-refractivity contribution < 1.29 is 9.59 Å². The lowest BCUT2D eigenvalue weighted by molar-refractivity contribution is -0.133. The van der Waals surface area contributed by atoms with Crippen molar-refractivity contribution in [2.45, 2.75) is 56.9 Å². The largest absolute Gasteiger partial charge is 0.374 e. The lowest BCUT2D eigenvalue weighted by Gasteiger charge is -2.32. The Morgan fingerprint density at radius 3 is 2.39 bits per heavy atom. The Kier molecular flexibility index (Phi) is 9.22. The number of unbranched alkanes of at least 4 members (excludes halogenated alkanes) is 2. The summed E-state index contributed by atoms with van der Waals surface area (Å²) in [4.78, 5) is 25.7. The van der Waals surface area contributed by atoms with Crippen LogP contribution in [0.2, 0.25) is 0 Å². The Labute approximate surface area is 174 Å². The minimum absolute atomic E-state index is 0. The Bertz CT molecular complexity index is 630. The third-order valence-corrected chi connectivity index (χ3v) is 5.73. The van der Waals surface area contributed by atoms with E-state index in [1.165, 1.54) is 50.9 Å². The van der Waals surface area contributed by atoms with Gasteiger partial charge in [-0.3, -0.25) is 14.9 Å². The highest BCUT2D eigenvalue weighted by Gasteiger charge is 2.26. The van der Waals surface area contributed by atoms with Crippen LogP contribution < -0.4 is 16.4 Å². The standard InChI is InChI=1S/C21H32N4O2.ClH/c22-12-2-1-3-13-25-14-10-17(11-15-25)16-4-6-18(7-5-16)23-19-8-9-20(26)24-21(19)27;/h4-7,17,19,23H,1-3,8-15,22H2,(H,24,26,27);1H. The number of hydrogen-bond donors (Lipinski definition) is 3. The Hall–Kier alpha value is -1.63. The first-order valence-corrected chi connectivity index (χ1v) is 10.3. The molecule has 0 spiro atoms. The molecule has 1 aromatic carbocycles. The van der Waals surface area contributed by atoms with Crippen molar-refractivity contribution in [3.8, 4) is 0 Å². The molecule has 0 saturated carbocycles. The van der Waals surface area contributed by atoms with Gasteiger partial charge in [-0.2, -0.15) is 0 Å². The van der Waals surface area contributed by atoms with Gasteiger partial charge in [0, 0.05) is 12.1 Å². The van der Waals surface area contributed by atoms with Crippen LogP contribution in [-0.2, 0) is 9.59 Å². The van der Waals surface area contributed by atoms with Crippen molar-refractivity contribution >= 4 is 29.9 Å². The van der Waals surface area contributed by atoms with E-state index in [0.717, 1.165) is 18.7 Å². The predicted octanol–water partition coefficient (Wildman–Crippen LogP) is 2.63. The molecule has 0 aromatic heterocycles. The molecule has 2 aliphatic rings. The van der Waals surface area contributed by atoms with Gasteiger partial charge in [-0.1, -0.05) is 18.6 Å². The van der Waals surface area contributed by atoms with Crippen LogP contribution >= 0.6 is 12.4 Å². The third kappa shape index (κ3) is 6.47. The number of piperidine rings is 2. The number of anilines is 1. The molecule has 0 bridgehead atoms. The topological polar surface area (TPSA) is 87.5 Å². The van der Waals surface area contributed by atoms with Gasteiger partial charge in [0.2, 0.25) is 11.8 Å². The molecule has 6 nitrogen and oxygen atoms in total. The zero-order valence-electron chi connectivity index (χ0n) is 16.5. The van der Waals surface area contributed by atoms with Crippen molar-refractivity contribution in [1.82, 2.24) is 10.2 Å². The van der Waals surface area contributed by atoms with Gasteiger partial charge >= 0.3 is 0 Å². The van der Waals surface area contributed by atoms with Gasteiger partial charge in [-0.05, 0) is 81.9 Å². The zero-order valence-corrected chi connectivity index (χ0v) is 17.3. The first-order valence-electron chi connectivity index (χ1n) is 10.3. The predicted molar refractivity (Wildman–Crippen MR) is 115 cm³/mol. The first kappa shape index (κ1) is 22.7. The molecule has 28 heavy (non-hydrogen) atoms. The molecule has 4 N–H and O–H groups in total. The lowest BCUT2D eigenvalue weighted by Crippen LogP contribution is -2.47. The number of carbonyl (C=O) groups excluding carboxylic acids is 2. The summed E-state index contributed by atoms with van der Waals surface area (Å²) in [6.45, 7) is 4.34. The number of nitrogens with two attached hydrogens (primary N) is 1. The van der Waals surface area contributed by atoms with Crippen molar-refractivity contribution in [3.63, 3.8) is 0 Å². The Morgan fingerprint density at radius 2 is 1.75 bits per heavy atom. The first-order chi connectivity index (χ1) is 13.2. The monoisotopic (exact) mass is 408 g/mol. The molecule has 0 aliphatic carbocycles. The molecule has 1 atom stereocenters. The molecule has 2 heterocycles. The van der Waals surface area contributed by atoms with Crippen LogP contribution in [0.4, 0.5) is 5.69 Å². The van der Waals surface area contributed by atoms with Gasteiger partial charge in [-0.25, -0.2) is 0 Å². The van der Waals surface area contributed by atoms with E-state index in [2.05, 4.69) is 39.8 Å². The summed E-state index contributed by atoms with van der Waals surface area (Å²) in [5, 5.41) is 5.63. The molecule has 1 unspecified atom stereocenters. The van der Waals surface area contributed by atoms with E-state index < -0.39 is 0 Å². The number of nitrogens with one attached hydrogen (secondary N) is 2. The fourth-order valence-corrected chi connectivity index (χ4v) is 4.03. The molecular weight excluding hydrogens is 376 g/mol. The van der Waals surface area contributed by atoms with Crippen LogP contribution in [0.5, 0.6) is 0 Å². The summed E-state index contributed by atoms with van der Waals surface area (Å²) in [6, 6.07) is 8.14. The Morgan fingerprint density at radius 1 is 1.04 bits per heavy atom. The average Bonchev–Trinajstić information content (AvgIpc) is 2.69. The highest BCUT2D eigenvalue weighted by Crippen LogP contribution is 2.29. The van der Waals surface area contributed by atoms with Gasteiger partial charge in [-0.15, -0.1) is 12.4 Å². The summed E-state index contributed by atoms with van der Waals surface area (Å²) in [6.07, 6.45) is 6.98. The van der Waals surface area contributed by atoms with E-state index in [-0.39, 0.29) is 30.3 Å². The zero-order chi connectivity index (χ0) is 19.1. The summed E-state index contributed by atoms with van der Waals surface area (Å²) in [7, 11) is 0. The van der Waals surface area contributed by atoms with Crippen LogP contribution in [0, 0.1) is 0 Å². The molecule has 156 valence electrons. The van der Waals surface area contributed by atoms with E-state index >= 15 is 0 Å². The molecular formula is C21H33ClN4O2. The van der Waals surface area contributed by atoms with Gasteiger partial charge in [0.1, 0.15) is 6.04 Å². The molecule has 3 rings (SSSR count). The highest BCUT2D eigenvalue weighted by molar-refractivity contribution is 6.01. The molecule has 0 radical (unpaired) electrons. The number of amides is 2. The maximum atomic E-state index is 11.9. The number of hydrogen-bond acceptors (Lipinski definition) is 5. The number of halogens is 1. The van der Waals surface area contributed by atoms with E-state index in [1.54, 1.807) is 0 Å². The van der Waals surface area contributed by atoms with Crippen LogP contribution in [0.1, 0.15) is 56.4 Å². The lowest BCUT2D eigenvalue weighted by atomic mass is 9.89. The minimum atomic E-state index is -0.323. The number of benzene rings is 1. The molecule has 2 aliphatic heterocycles. The summed E-state index contributed by atoms with van der Waals surface area (Å²) in [5.41, 5.74) is 7.87. The van der Waals surface area contributed by atoms with E-state index in [0.29, 0.717) is 18.8 Å². The second-order valence-electron chi connectivity index (χ2n) is 7.74. The van der Waals surface area contributed by atoms with Crippen molar-refractivity contribution in [3.05, 3.63) is 29.8 Å². The van der Waals surface area contributed by atoms with Crippen LogP contribution in [0.3, 0.4) is 0 Å². The number of rotatable bonds is 8. The molecule has 2 saturated heterocycles. The highest BCUT2D eigenvalue weighted by atomic mass is 35.5. The molecule has 1 aromatic rings. The molecule has 2 amide bonds. The average molecular weight is 409 g/mol. The van der Waals surface area contributed by atoms with E-state index in [4.69, 9.17) is 5.73 Å². The Balaban J connectivity index is 0.00000280. The normalized spacial score (nSPS) is 21.1. The molecule has 2 fully saturated rings. The number of nitrogens with zero attached hydrogens (tertiary/aromatic N) is 1. The third-order valence-electron chi connectivity index (χ3n) is 5.73. The minimum Gasteiger partial charge on any atom is -0.374 e. The van der Waals surface area contributed by atoms with Crippen LogP contribution in [0.15, 0.2) is 24.3 Å². The van der Waals surface area contributed by atoms with E-state index in [1.807, 2.05) is 0 Å². The van der Waals surface area contributed by atoms with E-state index in [9.17, 15) is 9.59 Å². The maximum absolute atomic E-state index is 11.9. The fraction of sp³-hybridized carbons (Fsp3) is 0.619. The smallest absolute Gasteiger partial charge is 0.249 e. The number of likely N-dealkylation sites (tertiary alicyclic amines) is 1. The van der Waals surface area contributed by atoms with Crippen LogP contribution in [0.25, 0.3) is 0 Å². The van der Waals surface area contributed by atoms with Crippen molar-refractivity contribution in [1.29, 1.82) is 0 Å². The van der Waals surface area contributed by atoms with Crippen LogP contribution in [-0.4, -0.2) is 48.9 Å². The second kappa shape index (κ2) is 11.4. The van der Waals surface area contributed by atoms with Crippen molar-refractivity contribution in [2.24, 2.45) is 5.73 Å². The number of carbonyl (C=O) groups is 2. The second-order valence-corrected chi connectivity index (χ2v) is 7.74. The SMILES string of the molecule is Cl.NCCCCCN1CCC(c2ccc(NC3CCC(=O)NC3=O)cc2)CC1.